The molecule has 1 unspecified atom stereocenters. The quantitative estimate of drug-likeness (QED) is 0.913. The van der Waals surface area contributed by atoms with E-state index >= 15 is 0 Å². The molecule has 1 saturated heterocycles. The molecule has 1 aromatic carbocycles. The minimum Gasteiger partial charge on any atom is -0.333 e. The fraction of sp³-hybridized carbons (Fsp3) is 0.375. The average Bonchev–Trinajstić information content (AvgIpc) is 2.53. The summed E-state index contributed by atoms with van der Waals surface area (Å²) in [5, 5.41) is 1.97. The molecule has 2 N–H and O–H groups in total. The van der Waals surface area contributed by atoms with Crippen LogP contribution < -0.4 is 5.73 Å². The highest BCUT2D eigenvalue weighted by molar-refractivity contribution is 6.05. The summed E-state index contributed by atoms with van der Waals surface area (Å²) in [6, 6.07) is 9.96. The third-order valence-corrected chi connectivity index (χ3v) is 4.04. The Balaban J connectivity index is 0.00000121. The van der Waals surface area contributed by atoms with Crippen molar-refractivity contribution in [1.82, 2.24) is 9.88 Å². The van der Waals surface area contributed by atoms with Crippen molar-refractivity contribution in [3.8, 4) is 0 Å². The Hall–Kier alpha value is -1.36. The summed E-state index contributed by atoms with van der Waals surface area (Å²) in [5.74, 6) is 0.0111. The normalized spacial score (nSPS) is 17.5. The Labute approximate surface area is 142 Å². The van der Waals surface area contributed by atoms with Crippen molar-refractivity contribution in [3.63, 3.8) is 0 Å². The summed E-state index contributed by atoms with van der Waals surface area (Å²) in [4.78, 5) is 19.0. The highest BCUT2D eigenvalue weighted by Crippen LogP contribution is 2.22. The van der Waals surface area contributed by atoms with Crippen molar-refractivity contribution in [2.75, 3.05) is 13.1 Å². The van der Waals surface area contributed by atoms with Crippen LogP contribution in [0.3, 0.4) is 0 Å². The van der Waals surface area contributed by atoms with Crippen LogP contribution >= 0.6 is 24.8 Å². The van der Waals surface area contributed by atoms with Crippen LogP contribution in [0.4, 0.5) is 0 Å². The molecule has 1 aromatic heterocycles. The largest absolute Gasteiger partial charge is 0.333 e. The van der Waals surface area contributed by atoms with E-state index in [1.807, 2.05) is 35.2 Å². The van der Waals surface area contributed by atoms with E-state index in [2.05, 4.69) is 4.98 Å². The van der Waals surface area contributed by atoms with E-state index in [-0.39, 0.29) is 36.8 Å². The molecule has 0 bridgehead atoms. The first kappa shape index (κ1) is 18.7. The molecule has 1 aliphatic heterocycles. The number of piperidine rings is 1. The number of aromatic nitrogens is 1. The van der Waals surface area contributed by atoms with Gasteiger partial charge in [-0.1, -0.05) is 24.3 Å². The zero-order valence-electron chi connectivity index (χ0n) is 12.3. The number of amides is 1. The number of carbonyl (C=O) groups excluding carboxylic acids is 1. The summed E-state index contributed by atoms with van der Waals surface area (Å²) in [6.45, 7) is 1.31. The number of nitrogens with zero attached hydrogens (tertiary/aromatic N) is 2. The molecule has 120 valence electrons. The van der Waals surface area contributed by atoms with E-state index in [0.717, 1.165) is 36.6 Å². The Morgan fingerprint density at radius 2 is 2.00 bits per heavy atom. The number of hydrogen-bond acceptors (Lipinski definition) is 3. The van der Waals surface area contributed by atoms with Gasteiger partial charge >= 0.3 is 0 Å². The van der Waals surface area contributed by atoms with Crippen molar-refractivity contribution in [2.24, 2.45) is 5.73 Å². The standard InChI is InChI=1S/C16H19N3O.2ClH/c17-11-13-6-3-4-10-19(13)16(20)15-14-7-2-1-5-12(14)8-9-18-15;;/h1-2,5,7-9,13H,3-4,6,10-11,17H2;2*1H. The molecule has 2 heterocycles. The fourth-order valence-electron chi connectivity index (χ4n) is 2.94. The van der Waals surface area contributed by atoms with Crippen LogP contribution in [0.15, 0.2) is 36.5 Å². The first-order chi connectivity index (χ1) is 9.81. The fourth-order valence-corrected chi connectivity index (χ4v) is 2.94. The topological polar surface area (TPSA) is 59.2 Å². The van der Waals surface area contributed by atoms with Crippen LogP contribution in [-0.2, 0) is 0 Å². The van der Waals surface area contributed by atoms with Crippen molar-refractivity contribution >= 4 is 41.5 Å². The summed E-state index contributed by atoms with van der Waals surface area (Å²) >= 11 is 0. The zero-order chi connectivity index (χ0) is 13.9. The third-order valence-electron chi connectivity index (χ3n) is 4.04. The van der Waals surface area contributed by atoms with E-state index in [4.69, 9.17) is 5.73 Å². The van der Waals surface area contributed by atoms with Crippen LogP contribution in [0.2, 0.25) is 0 Å². The average molecular weight is 342 g/mol. The molecule has 1 amide bonds. The Bertz CT molecular complexity index is 630. The van der Waals surface area contributed by atoms with Crippen LogP contribution in [0, 0.1) is 0 Å². The Kier molecular flexibility index (Phi) is 7.07. The number of rotatable bonds is 2. The number of hydrogen-bond donors (Lipinski definition) is 1. The highest BCUT2D eigenvalue weighted by atomic mass is 35.5. The number of halogens is 2. The Morgan fingerprint density at radius 3 is 2.77 bits per heavy atom. The van der Waals surface area contributed by atoms with E-state index < -0.39 is 0 Å². The first-order valence-electron chi connectivity index (χ1n) is 7.16. The third kappa shape index (κ3) is 3.51. The van der Waals surface area contributed by atoms with Gasteiger partial charge in [-0.3, -0.25) is 9.78 Å². The minimum atomic E-state index is 0. The van der Waals surface area contributed by atoms with Gasteiger partial charge in [-0.25, -0.2) is 0 Å². The summed E-state index contributed by atoms with van der Waals surface area (Å²) in [5.41, 5.74) is 6.35. The number of benzene rings is 1. The maximum Gasteiger partial charge on any atom is 0.273 e. The molecule has 0 radical (unpaired) electrons. The second kappa shape index (κ2) is 8.32. The molecule has 1 fully saturated rings. The van der Waals surface area contributed by atoms with Crippen LogP contribution in [0.5, 0.6) is 0 Å². The van der Waals surface area contributed by atoms with E-state index in [9.17, 15) is 4.79 Å². The molecule has 0 aliphatic carbocycles. The highest BCUT2D eigenvalue weighted by Gasteiger charge is 2.27. The number of nitrogens with two attached hydrogens (primary N) is 1. The maximum atomic E-state index is 12.8. The Morgan fingerprint density at radius 1 is 1.23 bits per heavy atom. The predicted molar refractivity (Wildman–Crippen MR) is 94.0 cm³/mol. The van der Waals surface area contributed by atoms with Crippen LogP contribution in [-0.4, -0.2) is 34.9 Å². The second-order valence-corrected chi connectivity index (χ2v) is 5.26. The smallest absolute Gasteiger partial charge is 0.273 e. The molecule has 4 nitrogen and oxygen atoms in total. The van der Waals surface area contributed by atoms with Gasteiger partial charge in [-0.15, -0.1) is 24.8 Å². The monoisotopic (exact) mass is 341 g/mol. The van der Waals surface area contributed by atoms with Crippen LogP contribution in [0.25, 0.3) is 10.8 Å². The van der Waals surface area contributed by atoms with Gasteiger partial charge in [-0.05, 0) is 30.7 Å². The molecule has 0 saturated carbocycles. The molecule has 3 rings (SSSR count). The van der Waals surface area contributed by atoms with Gasteiger partial charge in [0, 0.05) is 30.7 Å². The lowest BCUT2D eigenvalue weighted by Gasteiger charge is -2.35. The zero-order valence-corrected chi connectivity index (χ0v) is 13.9. The lowest BCUT2D eigenvalue weighted by atomic mass is 10.0. The van der Waals surface area contributed by atoms with Gasteiger partial charge in [0.25, 0.3) is 5.91 Å². The van der Waals surface area contributed by atoms with Gasteiger partial charge < -0.3 is 10.6 Å². The summed E-state index contributed by atoms with van der Waals surface area (Å²) in [7, 11) is 0. The summed E-state index contributed by atoms with van der Waals surface area (Å²) < 4.78 is 0. The van der Waals surface area contributed by atoms with Crippen molar-refractivity contribution in [3.05, 3.63) is 42.2 Å². The molecule has 1 atom stereocenters. The second-order valence-electron chi connectivity index (χ2n) is 5.26. The van der Waals surface area contributed by atoms with Gasteiger partial charge in [0.15, 0.2) is 0 Å². The molecule has 0 spiro atoms. The van der Waals surface area contributed by atoms with Gasteiger partial charge in [0.2, 0.25) is 0 Å². The molecule has 1 aliphatic rings. The van der Waals surface area contributed by atoms with Gasteiger partial charge in [0.05, 0.1) is 0 Å². The number of fused-ring (bicyclic) bond motifs is 1. The van der Waals surface area contributed by atoms with Gasteiger partial charge in [-0.2, -0.15) is 0 Å². The number of pyridine rings is 1. The van der Waals surface area contributed by atoms with E-state index in [1.165, 1.54) is 0 Å². The molecule has 6 heteroatoms. The SMILES string of the molecule is Cl.Cl.NCC1CCCCN1C(=O)c1nccc2ccccc12. The van der Waals surface area contributed by atoms with E-state index in [1.54, 1.807) is 6.20 Å². The first-order valence-corrected chi connectivity index (χ1v) is 7.16. The molecule has 22 heavy (non-hydrogen) atoms. The number of likely N-dealkylation sites (tertiary alicyclic amines) is 1. The maximum absolute atomic E-state index is 12.8. The lowest BCUT2D eigenvalue weighted by molar-refractivity contribution is 0.0619. The number of carbonyl (C=O) groups is 1. The molecular weight excluding hydrogens is 321 g/mol. The van der Waals surface area contributed by atoms with Crippen molar-refractivity contribution in [1.29, 1.82) is 0 Å². The van der Waals surface area contributed by atoms with E-state index in [0.29, 0.717) is 12.2 Å². The van der Waals surface area contributed by atoms with Crippen molar-refractivity contribution in [2.45, 2.75) is 25.3 Å². The minimum absolute atomic E-state index is 0. The lowest BCUT2D eigenvalue weighted by Crippen LogP contribution is -2.47. The van der Waals surface area contributed by atoms with Gasteiger partial charge in [0.1, 0.15) is 5.69 Å². The van der Waals surface area contributed by atoms with Crippen molar-refractivity contribution < 1.29 is 4.79 Å². The predicted octanol–water partition coefficient (Wildman–Crippen LogP) is 3.03. The molecule has 2 aromatic rings. The molecular formula is C16H21Cl2N3O. The van der Waals surface area contributed by atoms with Crippen LogP contribution in [0.1, 0.15) is 29.8 Å². The summed E-state index contributed by atoms with van der Waals surface area (Å²) in [6.07, 6.45) is 4.89.